The van der Waals surface area contributed by atoms with Gasteiger partial charge in [-0.1, -0.05) is 11.6 Å². The molecule has 0 saturated carbocycles. The minimum Gasteiger partial charge on any atom is -0.486 e. The van der Waals surface area contributed by atoms with Crippen molar-refractivity contribution in [1.29, 1.82) is 0 Å². The Morgan fingerprint density at radius 3 is 2.56 bits per heavy atom. The van der Waals surface area contributed by atoms with Crippen LogP contribution in [-0.2, 0) is 6.61 Å². The zero-order chi connectivity index (χ0) is 16.7. The van der Waals surface area contributed by atoms with Crippen molar-refractivity contribution in [2.75, 3.05) is 20.1 Å². The Bertz CT molecular complexity index is 651. The predicted molar refractivity (Wildman–Crippen MR) is 108 cm³/mol. The van der Waals surface area contributed by atoms with E-state index in [9.17, 15) is 4.79 Å². The third-order valence-electron chi connectivity index (χ3n) is 3.11. The fourth-order valence-corrected chi connectivity index (χ4v) is 2.97. The average Bonchev–Trinajstić information content (AvgIpc) is 2.92. The SMILES string of the molecule is CNCCCNC(=O)c1sc(COc2ccc(Cl)cc2)nc1C.Cl.Cl. The lowest BCUT2D eigenvalue weighted by molar-refractivity contribution is 0.0956. The molecule has 0 spiro atoms. The lowest BCUT2D eigenvalue weighted by Crippen LogP contribution is -2.26. The van der Waals surface area contributed by atoms with Gasteiger partial charge in [-0.05, 0) is 51.2 Å². The molecule has 0 unspecified atom stereocenters. The third-order valence-corrected chi connectivity index (χ3v) is 4.49. The van der Waals surface area contributed by atoms with Gasteiger partial charge in [0.05, 0.1) is 5.69 Å². The molecule has 1 aromatic heterocycles. The van der Waals surface area contributed by atoms with Gasteiger partial charge in [0.15, 0.2) is 0 Å². The number of nitrogens with one attached hydrogen (secondary N) is 2. The summed E-state index contributed by atoms with van der Waals surface area (Å²) in [6.45, 7) is 3.70. The van der Waals surface area contributed by atoms with Gasteiger partial charge in [0.25, 0.3) is 5.91 Å². The molecule has 0 saturated heterocycles. The molecular weight excluding hydrogens is 405 g/mol. The van der Waals surface area contributed by atoms with E-state index in [1.807, 2.05) is 14.0 Å². The van der Waals surface area contributed by atoms with E-state index >= 15 is 0 Å². The molecule has 2 rings (SSSR count). The van der Waals surface area contributed by atoms with Gasteiger partial charge in [0.1, 0.15) is 22.2 Å². The van der Waals surface area contributed by atoms with Gasteiger partial charge < -0.3 is 15.4 Å². The molecule has 0 radical (unpaired) electrons. The maximum Gasteiger partial charge on any atom is 0.263 e. The summed E-state index contributed by atoms with van der Waals surface area (Å²) in [4.78, 5) is 17.2. The molecule has 5 nitrogen and oxygen atoms in total. The third kappa shape index (κ3) is 7.79. The Morgan fingerprint density at radius 2 is 1.92 bits per heavy atom. The quantitative estimate of drug-likeness (QED) is 0.629. The second-order valence-corrected chi connectivity index (χ2v) is 6.50. The van der Waals surface area contributed by atoms with Crippen molar-refractivity contribution in [1.82, 2.24) is 15.6 Å². The van der Waals surface area contributed by atoms with Crippen LogP contribution in [0.3, 0.4) is 0 Å². The van der Waals surface area contributed by atoms with Crippen LogP contribution in [0.5, 0.6) is 5.75 Å². The second kappa shape index (κ2) is 12.3. The van der Waals surface area contributed by atoms with E-state index in [0.717, 1.165) is 29.4 Å². The van der Waals surface area contributed by atoms with Crippen LogP contribution in [-0.4, -0.2) is 31.0 Å². The number of ether oxygens (including phenoxy) is 1. The number of hydrogen-bond acceptors (Lipinski definition) is 5. The molecule has 0 aliphatic carbocycles. The van der Waals surface area contributed by atoms with Crippen LogP contribution in [0.2, 0.25) is 5.02 Å². The van der Waals surface area contributed by atoms with Crippen LogP contribution in [0.1, 0.15) is 26.8 Å². The second-order valence-electron chi connectivity index (χ2n) is 4.98. The molecule has 140 valence electrons. The number of amides is 1. The van der Waals surface area contributed by atoms with Gasteiger partial charge >= 0.3 is 0 Å². The van der Waals surface area contributed by atoms with Crippen LogP contribution >= 0.6 is 47.8 Å². The summed E-state index contributed by atoms with van der Waals surface area (Å²) in [5, 5.41) is 7.39. The minimum atomic E-state index is -0.0751. The van der Waals surface area contributed by atoms with Crippen LogP contribution in [0.15, 0.2) is 24.3 Å². The van der Waals surface area contributed by atoms with Crippen molar-refractivity contribution < 1.29 is 9.53 Å². The van der Waals surface area contributed by atoms with Crippen LogP contribution in [0.25, 0.3) is 0 Å². The zero-order valence-electron chi connectivity index (χ0n) is 14.0. The van der Waals surface area contributed by atoms with Crippen molar-refractivity contribution in [3.63, 3.8) is 0 Å². The maximum atomic E-state index is 12.1. The Balaban J connectivity index is 0.00000288. The van der Waals surface area contributed by atoms with Gasteiger partial charge in [-0.25, -0.2) is 4.98 Å². The fourth-order valence-electron chi connectivity index (χ4n) is 1.95. The minimum absolute atomic E-state index is 0. The van der Waals surface area contributed by atoms with Crippen molar-refractivity contribution >= 4 is 53.7 Å². The van der Waals surface area contributed by atoms with Gasteiger partial charge in [-0.3, -0.25) is 4.79 Å². The van der Waals surface area contributed by atoms with E-state index in [1.165, 1.54) is 11.3 Å². The van der Waals surface area contributed by atoms with Gasteiger partial charge in [-0.15, -0.1) is 36.2 Å². The Hall–Kier alpha value is -1.05. The molecular formula is C16H22Cl3N3O2S. The van der Waals surface area contributed by atoms with E-state index in [1.54, 1.807) is 24.3 Å². The van der Waals surface area contributed by atoms with Gasteiger partial charge in [0, 0.05) is 11.6 Å². The van der Waals surface area contributed by atoms with Crippen LogP contribution < -0.4 is 15.4 Å². The molecule has 0 bridgehead atoms. The molecule has 0 aliphatic rings. The molecule has 9 heteroatoms. The van der Waals surface area contributed by atoms with Gasteiger partial charge in [0.2, 0.25) is 0 Å². The summed E-state index contributed by atoms with van der Waals surface area (Å²) in [5.74, 6) is 0.647. The standard InChI is InChI=1S/C16H20ClN3O2S.2ClH/c1-11-15(16(21)19-9-3-8-18-2)23-14(20-11)10-22-13-6-4-12(17)5-7-13;;/h4-7,18H,3,8-10H2,1-2H3,(H,19,21);2*1H. The van der Waals surface area contributed by atoms with Crippen molar-refractivity contribution in [2.45, 2.75) is 20.0 Å². The van der Waals surface area contributed by atoms with E-state index in [4.69, 9.17) is 16.3 Å². The highest BCUT2D eigenvalue weighted by Crippen LogP contribution is 2.21. The summed E-state index contributed by atoms with van der Waals surface area (Å²) in [7, 11) is 1.89. The lowest BCUT2D eigenvalue weighted by atomic mass is 10.3. The number of benzene rings is 1. The molecule has 0 aliphatic heterocycles. The lowest BCUT2D eigenvalue weighted by Gasteiger charge is -2.03. The highest BCUT2D eigenvalue weighted by atomic mass is 35.5. The first-order valence-corrected chi connectivity index (χ1v) is 8.57. The fraction of sp³-hybridized carbons (Fsp3) is 0.375. The molecule has 1 amide bonds. The van der Waals surface area contributed by atoms with E-state index in [-0.39, 0.29) is 30.7 Å². The number of carbonyl (C=O) groups excluding carboxylic acids is 1. The van der Waals surface area contributed by atoms with E-state index in [2.05, 4.69) is 15.6 Å². The molecule has 0 atom stereocenters. The summed E-state index contributed by atoms with van der Waals surface area (Å²) in [6.07, 6.45) is 0.895. The number of thiazole rings is 1. The molecule has 1 aromatic carbocycles. The summed E-state index contributed by atoms with van der Waals surface area (Å²) in [5.41, 5.74) is 0.732. The smallest absolute Gasteiger partial charge is 0.263 e. The summed E-state index contributed by atoms with van der Waals surface area (Å²) >= 11 is 7.20. The normalized spacial score (nSPS) is 9.72. The molecule has 1 heterocycles. The first kappa shape index (κ1) is 23.9. The first-order chi connectivity index (χ1) is 11.1. The average molecular weight is 427 g/mol. The molecule has 25 heavy (non-hydrogen) atoms. The number of hydrogen-bond donors (Lipinski definition) is 2. The number of aromatic nitrogens is 1. The number of carbonyl (C=O) groups is 1. The van der Waals surface area contributed by atoms with Crippen LogP contribution in [0.4, 0.5) is 0 Å². The Kier molecular flexibility index (Phi) is 11.8. The van der Waals surface area contributed by atoms with E-state index in [0.29, 0.717) is 23.1 Å². The number of aryl methyl sites for hydroxylation is 1. The number of rotatable bonds is 8. The Morgan fingerprint density at radius 1 is 1.24 bits per heavy atom. The van der Waals surface area contributed by atoms with Crippen molar-refractivity contribution in [3.05, 3.63) is 44.9 Å². The topological polar surface area (TPSA) is 63.2 Å². The maximum absolute atomic E-state index is 12.1. The molecule has 0 fully saturated rings. The van der Waals surface area contributed by atoms with Crippen molar-refractivity contribution in [3.8, 4) is 5.75 Å². The molecule has 2 aromatic rings. The monoisotopic (exact) mass is 425 g/mol. The predicted octanol–water partition coefficient (Wildman–Crippen LogP) is 3.87. The molecule has 2 N–H and O–H groups in total. The Labute approximate surface area is 169 Å². The van der Waals surface area contributed by atoms with Gasteiger partial charge in [-0.2, -0.15) is 0 Å². The summed E-state index contributed by atoms with van der Waals surface area (Å²) in [6, 6.07) is 7.15. The summed E-state index contributed by atoms with van der Waals surface area (Å²) < 4.78 is 5.66. The number of halogens is 3. The largest absolute Gasteiger partial charge is 0.486 e. The highest BCUT2D eigenvalue weighted by Gasteiger charge is 2.15. The van der Waals surface area contributed by atoms with Crippen molar-refractivity contribution in [2.24, 2.45) is 0 Å². The highest BCUT2D eigenvalue weighted by molar-refractivity contribution is 7.13. The first-order valence-electron chi connectivity index (χ1n) is 7.37. The number of nitrogens with zero attached hydrogens (tertiary/aromatic N) is 1. The van der Waals surface area contributed by atoms with E-state index < -0.39 is 0 Å². The zero-order valence-corrected chi connectivity index (χ0v) is 17.2. The van der Waals surface area contributed by atoms with Crippen LogP contribution in [0, 0.1) is 6.92 Å².